The molecule has 0 saturated heterocycles. The molecule has 2 aliphatic rings. The van der Waals surface area contributed by atoms with Crippen molar-refractivity contribution in [3.8, 4) is 22.9 Å². The van der Waals surface area contributed by atoms with Gasteiger partial charge in [-0.15, -0.1) is 0 Å². The molecular weight excluding hydrogens is 512 g/mol. The molecule has 0 saturated carbocycles. The van der Waals surface area contributed by atoms with E-state index in [4.69, 9.17) is 23.9 Å². The number of carbonyl (C=O) groups is 2. The molecule has 6 rings (SSSR count). The van der Waals surface area contributed by atoms with Gasteiger partial charge in [-0.3, -0.25) is 4.79 Å². The number of hydrogen-bond donors (Lipinski definition) is 0. The van der Waals surface area contributed by atoms with Gasteiger partial charge in [0.2, 0.25) is 5.60 Å². The molecule has 0 N–H and O–H groups in total. The Morgan fingerprint density at radius 2 is 1.88 bits per heavy atom. The van der Waals surface area contributed by atoms with E-state index in [-0.39, 0.29) is 18.6 Å². The van der Waals surface area contributed by atoms with Crippen LogP contribution in [0, 0.1) is 0 Å². The standard InChI is InChI=1S/C31H26N2O7/c1-4-31(40-27(34)12-10-18-9-11-25(37-2)26(13-18)38-3)22-15-24-28-20(14-19-7-5-6-8-23(19)32-28)16-33(24)29(35)21(22)17-39-30(31)36/h5-15H,4,16-17H2,1-3H3/b12-10+/t31-/m0/s1. The molecule has 2 aromatic heterocycles. The Bertz CT molecular complexity index is 1790. The number of hydrogen-bond acceptors (Lipinski definition) is 8. The molecule has 0 radical (unpaired) electrons. The minimum atomic E-state index is -1.78. The van der Waals surface area contributed by atoms with Gasteiger partial charge in [0.1, 0.15) is 6.61 Å². The first-order valence-electron chi connectivity index (χ1n) is 12.8. The smallest absolute Gasteiger partial charge is 0.355 e. The highest BCUT2D eigenvalue weighted by molar-refractivity contribution is 5.92. The Morgan fingerprint density at radius 1 is 1.07 bits per heavy atom. The van der Waals surface area contributed by atoms with E-state index in [1.807, 2.05) is 30.3 Å². The summed E-state index contributed by atoms with van der Waals surface area (Å²) in [6.45, 7) is 1.88. The van der Waals surface area contributed by atoms with Crippen molar-refractivity contribution in [2.45, 2.75) is 32.1 Å². The Kier molecular flexibility index (Phi) is 6.14. The van der Waals surface area contributed by atoms with Crippen LogP contribution in [-0.2, 0) is 37.8 Å². The molecule has 1 atom stereocenters. The highest BCUT2D eigenvalue weighted by Crippen LogP contribution is 2.41. The fraction of sp³-hybridized carbons (Fsp3) is 0.226. The number of para-hydroxylation sites is 1. The fourth-order valence-electron chi connectivity index (χ4n) is 5.41. The second-order valence-corrected chi connectivity index (χ2v) is 9.63. The zero-order valence-electron chi connectivity index (χ0n) is 22.2. The van der Waals surface area contributed by atoms with Crippen LogP contribution in [0.15, 0.2) is 65.5 Å². The van der Waals surface area contributed by atoms with E-state index in [2.05, 4.69) is 0 Å². The lowest BCUT2D eigenvalue weighted by atomic mass is 9.85. The summed E-state index contributed by atoms with van der Waals surface area (Å²) in [5, 5.41) is 0.975. The quantitative estimate of drug-likeness (QED) is 0.232. The van der Waals surface area contributed by atoms with Gasteiger partial charge >= 0.3 is 11.9 Å². The number of benzene rings is 2. The van der Waals surface area contributed by atoms with E-state index in [1.54, 1.807) is 41.8 Å². The average Bonchev–Trinajstić information content (AvgIpc) is 3.34. The van der Waals surface area contributed by atoms with Gasteiger partial charge in [-0.1, -0.05) is 31.2 Å². The maximum atomic E-state index is 13.7. The number of ether oxygens (including phenoxy) is 4. The summed E-state index contributed by atoms with van der Waals surface area (Å²) in [6, 6.07) is 16.7. The zero-order valence-corrected chi connectivity index (χ0v) is 22.2. The van der Waals surface area contributed by atoms with Gasteiger partial charge in [-0.25, -0.2) is 14.6 Å². The van der Waals surface area contributed by atoms with Crippen molar-refractivity contribution in [2.75, 3.05) is 14.2 Å². The summed E-state index contributed by atoms with van der Waals surface area (Å²) < 4.78 is 23.4. The van der Waals surface area contributed by atoms with Crippen LogP contribution in [0.2, 0.25) is 0 Å². The van der Waals surface area contributed by atoms with Crippen LogP contribution in [0.25, 0.3) is 28.4 Å². The monoisotopic (exact) mass is 538 g/mol. The molecule has 2 aromatic carbocycles. The van der Waals surface area contributed by atoms with Crippen LogP contribution >= 0.6 is 0 Å². The van der Waals surface area contributed by atoms with Crippen molar-refractivity contribution < 1.29 is 28.5 Å². The largest absolute Gasteiger partial charge is 0.493 e. The maximum Gasteiger partial charge on any atom is 0.355 e. The van der Waals surface area contributed by atoms with Crippen LogP contribution in [0.3, 0.4) is 0 Å². The number of methoxy groups -OCH3 is 2. The van der Waals surface area contributed by atoms with Crippen LogP contribution in [0.4, 0.5) is 0 Å². The van der Waals surface area contributed by atoms with Gasteiger partial charge < -0.3 is 23.5 Å². The van der Waals surface area contributed by atoms with E-state index < -0.39 is 17.5 Å². The molecule has 202 valence electrons. The lowest BCUT2D eigenvalue weighted by molar-refractivity contribution is -0.186. The number of aromatic nitrogens is 2. The molecule has 0 spiro atoms. The van der Waals surface area contributed by atoms with Gasteiger partial charge in [0.15, 0.2) is 11.5 Å². The number of esters is 2. The minimum absolute atomic E-state index is 0.0790. The summed E-state index contributed by atoms with van der Waals surface area (Å²) >= 11 is 0. The van der Waals surface area contributed by atoms with E-state index in [1.165, 1.54) is 20.3 Å². The molecule has 0 bridgehead atoms. The summed E-state index contributed by atoms with van der Waals surface area (Å²) in [6.07, 6.45) is 2.85. The summed E-state index contributed by atoms with van der Waals surface area (Å²) in [4.78, 5) is 44.8. The number of nitrogens with zero attached hydrogens (tertiary/aromatic N) is 2. The highest BCUT2D eigenvalue weighted by atomic mass is 16.6. The number of rotatable bonds is 6. The third kappa shape index (κ3) is 3.93. The van der Waals surface area contributed by atoms with Crippen molar-refractivity contribution in [1.82, 2.24) is 9.55 Å². The third-order valence-electron chi connectivity index (χ3n) is 7.48. The van der Waals surface area contributed by atoms with Crippen molar-refractivity contribution >= 4 is 28.9 Å². The second-order valence-electron chi connectivity index (χ2n) is 9.63. The molecule has 9 nitrogen and oxygen atoms in total. The van der Waals surface area contributed by atoms with Crippen LogP contribution in [0.5, 0.6) is 11.5 Å². The number of pyridine rings is 2. The molecule has 0 fully saturated rings. The number of fused-ring (bicyclic) bond motifs is 5. The summed E-state index contributed by atoms with van der Waals surface area (Å²) in [5.74, 6) is -0.420. The third-order valence-corrected chi connectivity index (χ3v) is 7.48. The van der Waals surface area contributed by atoms with Crippen LogP contribution in [-0.4, -0.2) is 35.7 Å². The molecule has 0 aliphatic carbocycles. The summed E-state index contributed by atoms with van der Waals surface area (Å²) in [5.41, 5.74) is 2.17. The van der Waals surface area contributed by atoms with Crippen molar-refractivity contribution in [2.24, 2.45) is 0 Å². The van der Waals surface area contributed by atoms with E-state index in [9.17, 15) is 14.4 Å². The van der Waals surface area contributed by atoms with Crippen molar-refractivity contribution in [3.05, 3.63) is 93.3 Å². The molecule has 4 aromatic rings. The predicted molar refractivity (Wildman–Crippen MR) is 147 cm³/mol. The normalized spacial score (nSPS) is 17.2. The van der Waals surface area contributed by atoms with Crippen LogP contribution in [0.1, 0.15) is 35.6 Å². The predicted octanol–water partition coefficient (Wildman–Crippen LogP) is 4.36. The molecule has 4 heterocycles. The molecule has 9 heteroatoms. The van der Waals surface area contributed by atoms with Crippen LogP contribution < -0.4 is 15.0 Å². The maximum absolute atomic E-state index is 13.7. The van der Waals surface area contributed by atoms with E-state index >= 15 is 0 Å². The van der Waals surface area contributed by atoms with Gasteiger partial charge in [0, 0.05) is 22.6 Å². The average molecular weight is 539 g/mol. The Hall–Kier alpha value is -4.92. The minimum Gasteiger partial charge on any atom is -0.493 e. The lowest BCUT2D eigenvalue weighted by Gasteiger charge is -2.35. The second kappa shape index (κ2) is 9.68. The first-order valence-corrected chi connectivity index (χ1v) is 12.8. The lowest BCUT2D eigenvalue weighted by Crippen LogP contribution is -2.47. The zero-order chi connectivity index (χ0) is 28.0. The molecule has 40 heavy (non-hydrogen) atoms. The first-order chi connectivity index (χ1) is 19.4. The fourth-order valence-corrected chi connectivity index (χ4v) is 5.41. The van der Waals surface area contributed by atoms with Gasteiger partial charge in [0.05, 0.1) is 43.2 Å². The first kappa shape index (κ1) is 25.4. The van der Waals surface area contributed by atoms with E-state index in [0.29, 0.717) is 46.1 Å². The Morgan fingerprint density at radius 3 is 2.65 bits per heavy atom. The summed E-state index contributed by atoms with van der Waals surface area (Å²) in [7, 11) is 3.06. The SMILES string of the molecule is CC[C@@]1(OC(=O)/C=C/c2ccc(OC)c(OC)c2)C(=O)OCc2c1cc1n(c2=O)Cc2cc3ccccc3nc2-1. The van der Waals surface area contributed by atoms with Crippen molar-refractivity contribution in [3.63, 3.8) is 0 Å². The van der Waals surface area contributed by atoms with E-state index in [0.717, 1.165) is 16.5 Å². The number of carbonyl (C=O) groups excluding carboxylic acids is 2. The Balaban J connectivity index is 1.39. The van der Waals surface area contributed by atoms with Gasteiger partial charge in [-0.2, -0.15) is 0 Å². The molecule has 2 aliphatic heterocycles. The van der Waals surface area contributed by atoms with Crippen molar-refractivity contribution in [1.29, 1.82) is 0 Å². The molecular formula is C31H26N2O7. The highest BCUT2D eigenvalue weighted by Gasteiger charge is 2.50. The topological polar surface area (TPSA) is 106 Å². The molecule has 0 unspecified atom stereocenters. The van der Waals surface area contributed by atoms with Gasteiger partial charge in [0.25, 0.3) is 5.56 Å². The van der Waals surface area contributed by atoms with Gasteiger partial charge in [-0.05, 0) is 48.4 Å². The number of cyclic esters (lactones) is 1. The Labute approximate surface area is 229 Å². The molecule has 0 amide bonds.